The van der Waals surface area contributed by atoms with Crippen LogP contribution < -0.4 is 4.31 Å². The number of nitrogens with zero attached hydrogens (tertiary/aromatic N) is 1. The maximum absolute atomic E-state index is 11.5. The molecule has 0 aliphatic heterocycles. The molecule has 0 amide bonds. The van der Waals surface area contributed by atoms with Crippen LogP contribution in [0.3, 0.4) is 0 Å². The van der Waals surface area contributed by atoms with Crippen LogP contribution in [0.4, 0.5) is 5.69 Å². The van der Waals surface area contributed by atoms with Gasteiger partial charge in [0.2, 0.25) is 0 Å². The van der Waals surface area contributed by atoms with Crippen LogP contribution in [-0.4, -0.2) is 18.1 Å². The highest BCUT2D eigenvalue weighted by molar-refractivity contribution is 7.87. The van der Waals surface area contributed by atoms with Crippen molar-refractivity contribution >= 4 is 27.6 Å². The van der Waals surface area contributed by atoms with E-state index < -0.39 is 10.3 Å². The van der Waals surface area contributed by atoms with Gasteiger partial charge < -0.3 is 5.11 Å². The van der Waals surface area contributed by atoms with Gasteiger partial charge in [-0.3, -0.25) is 4.55 Å². The summed E-state index contributed by atoms with van der Waals surface area (Å²) < 4.78 is 33.0. The average Bonchev–Trinajstić information content (AvgIpc) is 2.38. The van der Waals surface area contributed by atoms with Crippen molar-refractivity contribution in [3.63, 3.8) is 0 Å². The first-order valence-corrected chi connectivity index (χ1v) is 7.43. The van der Waals surface area contributed by atoms with Gasteiger partial charge in [-0.25, -0.2) is 4.31 Å². The van der Waals surface area contributed by atoms with Gasteiger partial charge in [0.1, 0.15) is 5.75 Å². The number of halogens is 1. The minimum Gasteiger partial charge on any atom is -0.506 e. The predicted molar refractivity (Wildman–Crippen MR) is 77.3 cm³/mol. The van der Waals surface area contributed by atoms with Crippen LogP contribution >= 0.6 is 11.6 Å². The fourth-order valence-electron chi connectivity index (χ4n) is 1.72. The normalized spacial score (nSPS) is 11.3. The second-order valence-corrected chi connectivity index (χ2v) is 5.87. The highest BCUT2D eigenvalue weighted by atomic mass is 35.5. The molecule has 0 atom stereocenters. The molecule has 2 N–H and O–H groups in total. The molecule has 0 saturated carbocycles. The smallest absolute Gasteiger partial charge is 0.360 e. The summed E-state index contributed by atoms with van der Waals surface area (Å²) in [5, 5.41) is 10.3. The lowest BCUT2D eigenvalue weighted by Crippen LogP contribution is -2.29. The van der Waals surface area contributed by atoms with E-state index in [2.05, 4.69) is 0 Å². The van der Waals surface area contributed by atoms with Crippen LogP contribution in [-0.2, 0) is 16.8 Å². The van der Waals surface area contributed by atoms with E-state index in [0.717, 1.165) is 0 Å². The number of aromatic hydroxyl groups is 1. The minimum atomic E-state index is -4.51. The van der Waals surface area contributed by atoms with Gasteiger partial charge in [-0.05, 0) is 29.8 Å². The zero-order valence-electron chi connectivity index (χ0n) is 10.3. The molecule has 0 unspecified atom stereocenters. The zero-order valence-corrected chi connectivity index (χ0v) is 11.8. The number of para-hydroxylation sites is 2. The van der Waals surface area contributed by atoms with Gasteiger partial charge in [-0.15, -0.1) is 0 Å². The van der Waals surface area contributed by atoms with Gasteiger partial charge in [0, 0.05) is 5.02 Å². The third kappa shape index (κ3) is 3.41. The van der Waals surface area contributed by atoms with Gasteiger partial charge in [0.25, 0.3) is 0 Å². The third-order valence-corrected chi connectivity index (χ3v) is 3.80. The third-order valence-electron chi connectivity index (χ3n) is 2.67. The molecule has 2 aromatic carbocycles. The van der Waals surface area contributed by atoms with Crippen LogP contribution in [0.15, 0.2) is 48.5 Å². The van der Waals surface area contributed by atoms with Gasteiger partial charge in [-0.2, -0.15) is 8.42 Å². The van der Waals surface area contributed by atoms with E-state index in [1.807, 2.05) is 0 Å². The predicted octanol–water partition coefficient (Wildman–Crippen LogP) is 2.86. The molecule has 0 radical (unpaired) electrons. The van der Waals surface area contributed by atoms with Gasteiger partial charge in [-0.1, -0.05) is 35.9 Å². The largest absolute Gasteiger partial charge is 0.506 e. The molecule has 5 nitrogen and oxygen atoms in total. The Balaban J connectivity index is 2.40. The van der Waals surface area contributed by atoms with Crippen molar-refractivity contribution in [2.24, 2.45) is 0 Å². The molecule has 0 bridgehead atoms. The Morgan fingerprint density at radius 3 is 2.20 bits per heavy atom. The Hall–Kier alpha value is -1.76. The number of benzene rings is 2. The average molecular weight is 314 g/mol. The number of phenolic OH excluding ortho intramolecular Hbond substituents is 1. The lowest BCUT2D eigenvalue weighted by Gasteiger charge is -2.21. The lowest BCUT2D eigenvalue weighted by molar-refractivity contribution is 0.464. The first-order valence-electron chi connectivity index (χ1n) is 5.65. The van der Waals surface area contributed by atoms with Crippen LogP contribution in [0.5, 0.6) is 5.75 Å². The molecule has 0 aliphatic carbocycles. The van der Waals surface area contributed by atoms with Crippen molar-refractivity contribution in [3.8, 4) is 5.75 Å². The summed E-state index contributed by atoms with van der Waals surface area (Å²) in [6.07, 6.45) is 0. The van der Waals surface area contributed by atoms with E-state index in [9.17, 15) is 18.1 Å². The first-order chi connectivity index (χ1) is 9.38. The van der Waals surface area contributed by atoms with E-state index in [1.54, 1.807) is 36.4 Å². The minimum absolute atomic E-state index is 0.00458. The van der Waals surface area contributed by atoms with Crippen LogP contribution in [0.25, 0.3) is 0 Å². The van der Waals surface area contributed by atoms with Crippen molar-refractivity contribution in [2.45, 2.75) is 6.54 Å². The monoisotopic (exact) mass is 313 g/mol. The summed E-state index contributed by atoms with van der Waals surface area (Å²) in [4.78, 5) is 0. The van der Waals surface area contributed by atoms with E-state index >= 15 is 0 Å². The summed E-state index contributed by atoms with van der Waals surface area (Å²) >= 11 is 5.76. The second kappa shape index (κ2) is 5.70. The van der Waals surface area contributed by atoms with Crippen molar-refractivity contribution in [3.05, 3.63) is 59.1 Å². The summed E-state index contributed by atoms with van der Waals surface area (Å²) in [7, 11) is -4.51. The molecule has 20 heavy (non-hydrogen) atoms. The molecular formula is C13H12ClNO4S. The maximum Gasteiger partial charge on any atom is 0.360 e. The van der Waals surface area contributed by atoms with Crippen LogP contribution in [0.1, 0.15) is 5.56 Å². The highest BCUT2D eigenvalue weighted by Crippen LogP contribution is 2.29. The number of anilines is 1. The molecule has 7 heteroatoms. The standard InChI is InChI=1S/C13H12ClNO4S/c14-11-7-5-10(6-8-11)9-15(20(17,18)19)12-3-1-2-4-13(12)16/h1-8,16H,9H2,(H,17,18,19). The molecule has 0 fully saturated rings. The molecule has 0 heterocycles. The van der Waals surface area contributed by atoms with Gasteiger partial charge >= 0.3 is 10.3 Å². The van der Waals surface area contributed by atoms with E-state index in [0.29, 0.717) is 14.9 Å². The zero-order chi connectivity index (χ0) is 14.8. The van der Waals surface area contributed by atoms with Crippen molar-refractivity contribution < 1.29 is 18.1 Å². The van der Waals surface area contributed by atoms with Crippen molar-refractivity contribution in [1.29, 1.82) is 0 Å². The molecule has 0 aromatic heterocycles. The fourth-order valence-corrected chi connectivity index (χ4v) is 2.56. The summed E-state index contributed by atoms with van der Waals surface area (Å²) in [5.41, 5.74) is 0.625. The molecule has 0 spiro atoms. The first kappa shape index (κ1) is 14.6. The number of hydrogen-bond donors (Lipinski definition) is 2. The Labute approximate surface area is 121 Å². The van der Waals surface area contributed by atoms with Crippen LogP contribution in [0, 0.1) is 0 Å². The SMILES string of the molecule is O=S(=O)(O)N(Cc1ccc(Cl)cc1)c1ccccc1O. The van der Waals surface area contributed by atoms with Gasteiger partial charge in [0.15, 0.2) is 0 Å². The van der Waals surface area contributed by atoms with Crippen LogP contribution in [0.2, 0.25) is 5.02 Å². The summed E-state index contributed by atoms with van der Waals surface area (Å²) in [6, 6.07) is 12.4. The van der Waals surface area contributed by atoms with E-state index in [4.69, 9.17) is 11.6 Å². The van der Waals surface area contributed by atoms with E-state index in [-0.39, 0.29) is 18.0 Å². The van der Waals surface area contributed by atoms with Crippen molar-refractivity contribution in [1.82, 2.24) is 0 Å². The van der Waals surface area contributed by atoms with Gasteiger partial charge in [0.05, 0.1) is 12.2 Å². The molecule has 2 rings (SSSR count). The summed E-state index contributed by atoms with van der Waals surface area (Å²) in [5.74, 6) is -0.237. The fraction of sp³-hybridized carbons (Fsp3) is 0.0769. The molecule has 0 saturated heterocycles. The second-order valence-electron chi connectivity index (χ2n) is 4.10. The lowest BCUT2D eigenvalue weighted by atomic mass is 10.2. The molecule has 2 aromatic rings. The maximum atomic E-state index is 11.5. The number of hydrogen-bond acceptors (Lipinski definition) is 3. The Bertz CT molecular complexity index is 701. The van der Waals surface area contributed by atoms with Crippen molar-refractivity contribution in [2.75, 3.05) is 4.31 Å². The topological polar surface area (TPSA) is 77.8 Å². The molecule has 106 valence electrons. The Kier molecular flexibility index (Phi) is 4.17. The number of phenols is 1. The summed E-state index contributed by atoms with van der Waals surface area (Å²) in [6.45, 7) is -0.117. The molecule has 0 aliphatic rings. The Morgan fingerprint density at radius 1 is 1.05 bits per heavy atom. The quantitative estimate of drug-likeness (QED) is 0.851. The Morgan fingerprint density at radius 2 is 1.65 bits per heavy atom. The molecular weight excluding hydrogens is 302 g/mol. The number of rotatable bonds is 4. The van der Waals surface area contributed by atoms with E-state index in [1.165, 1.54) is 12.1 Å². The highest BCUT2D eigenvalue weighted by Gasteiger charge is 2.22.